The number of rotatable bonds is 4. The van der Waals surface area contributed by atoms with Crippen LogP contribution in [0.15, 0.2) is 44.0 Å². The van der Waals surface area contributed by atoms with Gasteiger partial charge in [-0.15, -0.1) is 0 Å². The lowest BCUT2D eigenvalue weighted by atomic mass is 9.91. The molecule has 0 atom stereocenters. The zero-order chi connectivity index (χ0) is 20.5. The van der Waals surface area contributed by atoms with Crippen molar-refractivity contribution in [2.45, 2.75) is 25.7 Å². The molecule has 150 valence electrons. The van der Waals surface area contributed by atoms with E-state index in [2.05, 4.69) is 21.2 Å². The lowest BCUT2D eigenvalue weighted by Crippen LogP contribution is -2.21. The average molecular weight is 481 g/mol. The Bertz CT molecular complexity index is 1180. The summed E-state index contributed by atoms with van der Waals surface area (Å²) in [7, 11) is 0. The second kappa shape index (κ2) is 8.16. The highest BCUT2D eigenvalue weighted by atomic mass is 79.9. The van der Waals surface area contributed by atoms with Crippen molar-refractivity contribution in [3.63, 3.8) is 0 Å². The van der Waals surface area contributed by atoms with Crippen LogP contribution in [0.1, 0.15) is 24.0 Å². The number of halogens is 3. The SMILES string of the molecule is O=C(COc1cc2oc(=O)c3c(c2cc1Cl)CCCC3)Nc1ccc(Br)cc1F. The highest BCUT2D eigenvalue weighted by Crippen LogP contribution is 2.34. The fraction of sp³-hybridized carbons (Fsp3) is 0.238. The van der Waals surface area contributed by atoms with E-state index < -0.39 is 11.7 Å². The van der Waals surface area contributed by atoms with E-state index in [0.717, 1.165) is 30.2 Å². The van der Waals surface area contributed by atoms with E-state index >= 15 is 0 Å². The molecule has 0 aliphatic heterocycles. The Hall–Kier alpha value is -2.38. The molecule has 0 bridgehead atoms. The Morgan fingerprint density at radius 2 is 1.97 bits per heavy atom. The van der Waals surface area contributed by atoms with Crippen molar-refractivity contribution in [2.24, 2.45) is 0 Å². The van der Waals surface area contributed by atoms with Gasteiger partial charge in [-0.1, -0.05) is 27.5 Å². The average Bonchev–Trinajstić information content (AvgIpc) is 2.69. The number of ether oxygens (including phenoxy) is 1. The van der Waals surface area contributed by atoms with E-state index in [-0.39, 0.29) is 23.7 Å². The number of fused-ring (bicyclic) bond motifs is 3. The third-order valence-electron chi connectivity index (χ3n) is 4.84. The smallest absolute Gasteiger partial charge is 0.339 e. The number of aryl methyl sites for hydroxylation is 1. The van der Waals surface area contributed by atoms with Crippen molar-refractivity contribution in [3.05, 3.63) is 67.2 Å². The quantitative estimate of drug-likeness (QED) is 0.518. The van der Waals surface area contributed by atoms with Crippen LogP contribution in [0.2, 0.25) is 5.02 Å². The first-order chi connectivity index (χ1) is 13.9. The second-order valence-corrected chi connectivity index (χ2v) is 8.12. The molecule has 3 aromatic rings. The Labute approximate surface area is 178 Å². The molecule has 1 heterocycles. The van der Waals surface area contributed by atoms with Gasteiger partial charge in [0.15, 0.2) is 6.61 Å². The molecule has 0 fully saturated rings. The third kappa shape index (κ3) is 4.16. The van der Waals surface area contributed by atoms with Gasteiger partial charge in [0.05, 0.1) is 10.7 Å². The number of anilines is 1. The van der Waals surface area contributed by atoms with Crippen molar-refractivity contribution in [1.82, 2.24) is 0 Å². The van der Waals surface area contributed by atoms with Crippen molar-refractivity contribution >= 4 is 50.1 Å². The van der Waals surface area contributed by atoms with Gasteiger partial charge in [0.25, 0.3) is 5.91 Å². The Morgan fingerprint density at radius 1 is 1.21 bits per heavy atom. The fourth-order valence-electron chi connectivity index (χ4n) is 3.48. The summed E-state index contributed by atoms with van der Waals surface area (Å²) in [5.74, 6) is -0.901. The number of benzene rings is 2. The molecule has 1 aliphatic rings. The minimum absolute atomic E-state index is 0.0454. The first kappa shape index (κ1) is 19.9. The first-order valence-corrected chi connectivity index (χ1v) is 10.3. The Balaban J connectivity index is 1.54. The molecule has 29 heavy (non-hydrogen) atoms. The zero-order valence-corrected chi connectivity index (χ0v) is 17.5. The minimum Gasteiger partial charge on any atom is -0.482 e. The van der Waals surface area contributed by atoms with E-state index in [0.29, 0.717) is 27.1 Å². The van der Waals surface area contributed by atoms with Gasteiger partial charge in [-0.05, 0) is 55.5 Å². The van der Waals surface area contributed by atoms with Crippen LogP contribution in [-0.4, -0.2) is 12.5 Å². The number of hydrogen-bond donors (Lipinski definition) is 1. The normalized spacial score (nSPS) is 13.2. The van der Waals surface area contributed by atoms with Crippen LogP contribution in [-0.2, 0) is 17.6 Å². The molecule has 5 nitrogen and oxygen atoms in total. The number of hydrogen-bond acceptors (Lipinski definition) is 4. The van der Waals surface area contributed by atoms with Crippen molar-refractivity contribution in [2.75, 3.05) is 11.9 Å². The highest BCUT2D eigenvalue weighted by Gasteiger charge is 2.20. The van der Waals surface area contributed by atoms with E-state index in [4.69, 9.17) is 20.8 Å². The van der Waals surface area contributed by atoms with Gasteiger partial charge in [-0.25, -0.2) is 9.18 Å². The predicted octanol–water partition coefficient (Wildman–Crippen LogP) is 5.24. The number of carbonyl (C=O) groups is 1. The van der Waals surface area contributed by atoms with Crippen LogP contribution in [0.25, 0.3) is 11.0 Å². The molecule has 0 saturated carbocycles. The summed E-state index contributed by atoms with van der Waals surface area (Å²) < 4.78 is 25.3. The summed E-state index contributed by atoms with van der Waals surface area (Å²) in [5.41, 5.74) is 1.76. The third-order valence-corrected chi connectivity index (χ3v) is 5.63. The molecule has 0 spiro atoms. The summed E-state index contributed by atoms with van der Waals surface area (Å²) in [4.78, 5) is 24.4. The van der Waals surface area contributed by atoms with Gasteiger partial charge in [0.1, 0.15) is 17.1 Å². The van der Waals surface area contributed by atoms with E-state index in [1.54, 1.807) is 12.1 Å². The van der Waals surface area contributed by atoms with Crippen LogP contribution in [0.5, 0.6) is 5.75 Å². The monoisotopic (exact) mass is 479 g/mol. The summed E-state index contributed by atoms with van der Waals surface area (Å²) in [5, 5.41) is 3.54. The number of amides is 1. The summed E-state index contributed by atoms with van der Waals surface area (Å²) in [6.45, 7) is -0.379. The Kier molecular flexibility index (Phi) is 5.61. The molecule has 0 unspecified atom stereocenters. The fourth-order valence-corrected chi connectivity index (χ4v) is 4.03. The predicted molar refractivity (Wildman–Crippen MR) is 112 cm³/mol. The maximum atomic E-state index is 13.8. The largest absolute Gasteiger partial charge is 0.482 e. The standard InChI is InChI=1S/C21H16BrClFNO4/c22-11-5-6-17(16(24)7-11)25-20(26)10-28-19-9-18-14(8-15(19)23)12-3-1-2-4-13(12)21(27)29-18/h5-9H,1-4,10H2,(H,25,26). The van der Waals surface area contributed by atoms with Gasteiger partial charge in [-0.3, -0.25) is 4.79 Å². The van der Waals surface area contributed by atoms with Gasteiger partial charge < -0.3 is 14.5 Å². The molecular weight excluding hydrogens is 465 g/mol. The molecule has 0 saturated heterocycles. The molecule has 1 amide bonds. The first-order valence-electron chi connectivity index (χ1n) is 9.08. The minimum atomic E-state index is -0.567. The van der Waals surface area contributed by atoms with Crippen LogP contribution in [0.4, 0.5) is 10.1 Å². The van der Waals surface area contributed by atoms with Crippen molar-refractivity contribution < 1.29 is 18.3 Å². The molecule has 0 radical (unpaired) electrons. The summed E-state index contributed by atoms with van der Waals surface area (Å²) in [6, 6.07) is 7.52. The molecule has 1 aromatic heterocycles. The van der Waals surface area contributed by atoms with Gasteiger partial charge >= 0.3 is 5.63 Å². The molecule has 8 heteroatoms. The van der Waals surface area contributed by atoms with E-state index in [9.17, 15) is 14.0 Å². The maximum absolute atomic E-state index is 13.8. The molecule has 2 aromatic carbocycles. The van der Waals surface area contributed by atoms with Gasteiger partial charge in [0.2, 0.25) is 0 Å². The maximum Gasteiger partial charge on any atom is 0.339 e. The van der Waals surface area contributed by atoms with Crippen molar-refractivity contribution in [1.29, 1.82) is 0 Å². The van der Waals surface area contributed by atoms with Crippen molar-refractivity contribution in [3.8, 4) is 5.75 Å². The lowest BCUT2D eigenvalue weighted by molar-refractivity contribution is -0.118. The van der Waals surface area contributed by atoms with Gasteiger partial charge in [0, 0.05) is 21.5 Å². The number of carbonyl (C=O) groups excluding carboxylic acids is 1. The summed E-state index contributed by atoms with van der Waals surface area (Å²) >= 11 is 9.49. The van der Waals surface area contributed by atoms with E-state index in [1.807, 2.05) is 0 Å². The van der Waals surface area contributed by atoms with Crippen LogP contribution in [0, 0.1) is 5.82 Å². The lowest BCUT2D eigenvalue weighted by Gasteiger charge is -2.17. The number of nitrogens with one attached hydrogen (secondary N) is 1. The molecule has 4 rings (SSSR count). The highest BCUT2D eigenvalue weighted by molar-refractivity contribution is 9.10. The molecular formula is C21H16BrClFNO4. The molecule has 1 N–H and O–H groups in total. The molecule has 1 aliphatic carbocycles. The zero-order valence-electron chi connectivity index (χ0n) is 15.2. The Morgan fingerprint density at radius 3 is 2.72 bits per heavy atom. The summed E-state index contributed by atoms with van der Waals surface area (Å²) in [6.07, 6.45) is 3.48. The second-order valence-electron chi connectivity index (χ2n) is 6.79. The van der Waals surface area contributed by atoms with Crippen LogP contribution >= 0.6 is 27.5 Å². The van der Waals surface area contributed by atoms with Gasteiger partial charge in [-0.2, -0.15) is 0 Å². The van der Waals surface area contributed by atoms with Crippen LogP contribution < -0.4 is 15.7 Å². The van der Waals surface area contributed by atoms with E-state index in [1.165, 1.54) is 18.2 Å². The van der Waals surface area contributed by atoms with Crippen LogP contribution in [0.3, 0.4) is 0 Å². The topological polar surface area (TPSA) is 68.5 Å².